The minimum absolute atomic E-state index is 0.0503. The standard InChI is InChI=1S/C27H34N4O3S2/c1-18-10-6-7-11-19(18)31-26-23(25(29-31)27(2,3)4)24(20-12-8-15-35-20)36-17-22(33)30(26)16-21(32)28-13-9-14-34-5/h6-8,10-12,15,24H,9,13-14,16-17H2,1-5H3,(H,28,32). The molecule has 0 fully saturated rings. The number of carbonyl (C=O) groups excluding carboxylic acids is 2. The molecule has 0 spiro atoms. The number of para-hydroxylation sites is 1. The van der Waals surface area contributed by atoms with Crippen LogP contribution >= 0.6 is 23.1 Å². The molecule has 1 N–H and O–H groups in total. The molecular weight excluding hydrogens is 492 g/mol. The second-order valence-electron chi connectivity index (χ2n) is 9.92. The van der Waals surface area contributed by atoms with E-state index in [1.807, 2.05) is 41.9 Å². The zero-order chi connectivity index (χ0) is 25.9. The molecule has 4 rings (SSSR count). The molecule has 192 valence electrons. The maximum absolute atomic E-state index is 13.6. The van der Waals surface area contributed by atoms with E-state index < -0.39 is 0 Å². The van der Waals surface area contributed by atoms with Crippen molar-refractivity contribution in [3.63, 3.8) is 0 Å². The van der Waals surface area contributed by atoms with Crippen LogP contribution in [0.4, 0.5) is 5.82 Å². The molecule has 1 aliphatic rings. The number of methoxy groups -OCH3 is 1. The first-order chi connectivity index (χ1) is 17.2. The maximum atomic E-state index is 13.6. The summed E-state index contributed by atoms with van der Waals surface area (Å²) in [5, 5.41) is 10.1. The van der Waals surface area contributed by atoms with E-state index in [2.05, 4.69) is 37.5 Å². The van der Waals surface area contributed by atoms with Gasteiger partial charge in [0.1, 0.15) is 12.4 Å². The van der Waals surface area contributed by atoms with Crippen molar-refractivity contribution in [3.05, 3.63) is 63.5 Å². The molecule has 36 heavy (non-hydrogen) atoms. The summed E-state index contributed by atoms with van der Waals surface area (Å²) in [6, 6.07) is 12.2. The summed E-state index contributed by atoms with van der Waals surface area (Å²) in [6.07, 6.45) is 0.715. The Hall–Kier alpha value is -2.62. The lowest BCUT2D eigenvalue weighted by atomic mass is 9.88. The number of thiophene rings is 1. The number of aromatic nitrogens is 2. The third kappa shape index (κ3) is 5.53. The molecule has 0 bridgehead atoms. The van der Waals surface area contributed by atoms with E-state index in [0.29, 0.717) is 25.4 Å². The number of ether oxygens (including phenoxy) is 1. The Balaban J connectivity index is 1.89. The minimum atomic E-state index is -0.268. The summed E-state index contributed by atoms with van der Waals surface area (Å²) in [5.41, 5.74) is 3.63. The van der Waals surface area contributed by atoms with Gasteiger partial charge in [-0.25, -0.2) is 4.68 Å². The number of nitrogens with zero attached hydrogens (tertiary/aromatic N) is 3. The number of hydrogen-bond acceptors (Lipinski definition) is 6. The zero-order valence-electron chi connectivity index (χ0n) is 21.5. The highest BCUT2D eigenvalue weighted by Gasteiger charge is 2.40. The Morgan fingerprint density at radius 2 is 2.00 bits per heavy atom. The van der Waals surface area contributed by atoms with Crippen molar-refractivity contribution in [1.29, 1.82) is 0 Å². The van der Waals surface area contributed by atoms with Crippen molar-refractivity contribution in [2.24, 2.45) is 0 Å². The summed E-state index contributed by atoms with van der Waals surface area (Å²) in [4.78, 5) is 29.4. The van der Waals surface area contributed by atoms with E-state index in [1.165, 1.54) is 4.88 Å². The van der Waals surface area contributed by atoms with E-state index in [9.17, 15) is 9.59 Å². The first kappa shape index (κ1) is 26.4. The smallest absolute Gasteiger partial charge is 0.240 e. The topological polar surface area (TPSA) is 76.5 Å². The fraction of sp³-hybridized carbons (Fsp3) is 0.444. The van der Waals surface area contributed by atoms with E-state index in [1.54, 1.807) is 35.1 Å². The van der Waals surface area contributed by atoms with Crippen molar-refractivity contribution >= 4 is 40.7 Å². The van der Waals surface area contributed by atoms with Crippen LogP contribution in [-0.2, 0) is 19.7 Å². The molecule has 1 atom stereocenters. The first-order valence-electron chi connectivity index (χ1n) is 12.1. The van der Waals surface area contributed by atoms with Gasteiger partial charge in [-0.1, -0.05) is 45.0 Å². The molecule has 7 nitrogen and oxygen atoms in total. The number of fused-ring (bicyclic) bond motifs is 1. The summed E-state index contributed by atoms with van der Waals surface area (Å²) >= 11 is 3.29. The third-order valence-electron chi connectivity index (χ3n) is 6.09. The lowest BCUT2D eigenvalue weighted by molar-refractivity contribution is -0.122. The highest BCUT2D eigenvalue weighted by atomic mass is 32.2. The fourth-order valence-corrected chi connectivity index (χ4v) is 6.53. The Labute approximate surface area is 221 Å². The lowest BCUT2D eigenvalue weighted by Crippen LogP contribution is -2.42. The van der Waals surface area contributed by atoms with Gasteiger partial charge in [-0.05, 0) is 36.4 Å². The number of nitrogens with one attached hydrogen (secondary N) is 1. The van der Waals surface area contributed by atoms with Gasteiger partial charge < -0.3 is 10.1 Å². The van der Waals surface area contributed by atoms with Gasteiger partial charge in [0.2, 0.25) is 11.8 Å². The number of hydrogen-bond donors (Lipinski definition) is 1. The lowest BCUT2D eigenvalue weighted by Gasteiger charge is -2.24. The molecule has 0 saturated heterocycles. The molecule has 1 unspecified atom stereocenters. The van der Waals surface area contributed by atoms with Gasteiger partial charge in [-0.2, -0.15) is 5.10 Å². The molecule has 0 aliphatic carbocycles. The van der Waals surface area contributed by atoms with E-state index >= 15 is 0 Å². The van der Waals surface area contributed by atoms with Gasteiger partial charge in [0.25, 0.3) is 0 Å². The van der Waals surface area contributed by atoms with Crippen molar-refractivity contribution in [3.8, 4) is 5.69 Å². The molecule has 0 radical (unpaired) electrons. The van der Waals surface area contributed by atoms with Gasteiger partial charge >= 0.3 is 0 Å². The van der Waals surface area contributed by atoms with Crippen LogP contribution in [0.25, 0.3) is 5.69 Å². The van der Waals surface area contributed by atoms with Crippen LogP contribution in [0.3, 0.4) is 0 Å². The second kappa shape index (κ2) is 11.2. The summed E-state index contributed by atoms with van der Waals surface area (Å²) < 4.78 is 6.96. The molecule has 0 saturated carbocycles. The molecule has 2 amide bonds. The molecular formula is C27H34N4O3S2. The number of carbonyl (C=O) groups is 2. The van der Waals surface area contributed by atoms with Gasteiger partial charge in [0.15, 0.2) is 0 Å². The van der Waals surface area contributed by atoms with Crippen LogP contribution in [0.5, 0.6) is 0 Å². The highest BCUT2D eigenvalue weighted by Crippen LogP contribution is 2.49. The quantitative estimate of drug-likeness (QED) is 0.424. The molecule has 1 aliphatic heterocycles. The Morgan fingerprint density at radius 3 is 2.67 bits per heavy atom. The SMILES string of the molecule is COCCCNC(=O)CN1C(=O)CSC(c2cccs2)c2c(C(C)(C)C)nn(-c3ccccc3C)c21. The first-order valence-corrected chi connectivity index (χ1v) is 14.1. The van der Waals surface area contributed by atoms with E-state index in [4.69, 9.17) is 9.84 Å². The molecule has 3 aromatic rings. The van der Waals surface area contributed by atoms with Crippen molar-refractivity contribution in [1.82, 2.24) is 15.1 Å². The monoisotopic (exact) mass is 526 g/mol. The average Bonchev–Trinajstić information content (AvgIpc) is 3.47. The number of thioether (sulfide) groups is 1. The van der Waals surface area contributed by atoms with Gasteiger partial charge in [-0.3, -0.25) is 14.5 Å². The third-order valence-corrected chi connectivity index (χ3v) is 8.42. The largest absolute Gasteiger partial charge is 0.385 e. The van der Waals surface area contributed by atoms with E-state index in [0.717, 1.165) is 22.5 Å². The number of aryl methyl sites for hydroxylation is 1. The molecule has 3 heterocycles. The predicted molar refractivity (Wildman–Crippen MR) is 147 cm³/mol. The zero-order valence-corrected chi connectivity index (χ0v) is 23.2. The molecule has 1 aromatic carbocycles. The second-order valence-corrected chi connectivity index (χ2v) is 12.0. The highest BCUT2D eigenvalue weighted by molar-refractivity contribution is 8.00. The van der Waals surface area contributed by atoms with Gasteiger partial charge in [0.05, 0.1) is 22.4 Å². The van der Waals surface area contributed by atoms with Crippen molar-refractivity contribution < 1.29 is 14.3 Å². The van der Waals surface area contributed by atoms with Crippen LogP contribution in [-0.4, -0.2) is 54.2 Å². The summed E-state index contributed by atoms with van der Waals surface area (Å²) in [7, 11) is 1.64. The Morgan fingerprint density at radius 1 is 1.22 bits per heavy atom. The minimum Gasteiger partial charge on any atom is -0.385 e. The Kier molecular flexibility index (Phi) is 8.22. The summed E-state index contributed by atoms with van der Waals surface area (Å²) in [5.74, 6) is 0.683. The predicted octanol–water partition coefficient (Wildman–Crippen LogP) is 4.86. The van der Waals surface area contributed by atoms with Gasteiger partial charge in [-0.15, -0.1) is 23.1 Å². The average molecular weight is 527 g/mol. The van der Waals surface area contributed by atoms with Crippen molar-refractivity contribution in [2.45, 2.75) is 44.8 Å². The molecule has 9 heteroatoms. The van der Waals surface area contributed by atoms with Crippen LogP contribution in [0.1, 0.15) is 54.1 Å². The van der Waals surface area contributed by atoms with E-state index in [-0.39, 0.29) is 34.8 Å². The van der Waals surface area contributed by atoms with Crippen LogP contribution in [0.15, 0.2) is 41.8 Å². The summed E-state index contributed by atoms with van der Waals surface area (Å²) in [6.45, 7) is 9.49. The van der Waals surface area contributed by atoms with Crippen LogP contribution < -0.4 is 10.2 Å². The van der Waals surface area contributed by atoms with Crippen LogP contribution in [0.2, 0.25) is 0 Å². The van der Waals surface area contributed by atoms with Crippen molar-refractivity contribution in [2.75, 3.05) is 37.5 Å². The number of rotatable bonds is 8. The maximum Gasteiger partial charge on any atom is 0.240 e. The van der Waals surface area contributed by atoms with Crippen LogP contribution in [0, 0.1) is 6.92 Å². The molecule has 2 aromatic heterocycles. The van der Waals surface area contributed by atoms with Gasteiger partial charge in [0, 0.05) is 36.1 Å². The Bertz CT molecular complexity index is 1210. The number of anilines is 1. The fourth-order valence-electron chi connectivity index (χ4n) is 4.35. The normalized spacial score (nSPS) is 16.1. The number of amides is 2. The number of benzene rings is 1.